The van der Waals surface area contributed by atoms with Gasteiger partial charge >= 0.3 is 0 Å². The van der Waals surface area contributed by atoms with Gasteiger partial charge in [-0.2, -0.15) is 0 Å². The van der Waals surface area contributed by atoms with Crippen LogP contribution in [0.3, 0.4) is 0 Å². The van der Waals surface area contributed by atoms with Gasteiger partial charge in [-0.15, -0.1) is 0 Å². The maximum absolute atomic E-state index is 11.0. The quantitative estimate of drug-likeness (QED) is 0.704. The van der Waals surface area contributed by atoms with Crippen molar-refractivity contribution in [1.82, 2.24) is 10.5 Å². The summed E-state index contributed by atoms with van der Waals surface area (Å²) in [6.45, 7) is 2.62. The van der Waals surface area contributed by atoms with Gasteiger partial charge in [-0.05, 0) is 13.3 Å². The molecule has 0 aromatic carbocycles. The Balaban J connectivity index is 2.09. The number of carbonyl (C=O) groups is 1. The zero-order valence-electron chi connectivity index (χ0n) is 9.08. The number of nitrogens with one attached hydrogen (secondary N) is 1. The maximum Gasteiger partial charge on any atom is 0.245 e. The SMILES string of the molecule is COCC(=O)NCCCc1cc(C)no1. The average Bonchev–Trinajstić information content (AvgIpc) is 2.60. The molecule has 1 aromatic rings. The normalized spacial score (nSPS) is 10.3. The van der Waals surface area contributed by atoms with Gasteiger partial charge in [-0.3, -0.25) is 4.79 Å². The lowest BCUT2D eigenvalue weighted by molar-refractivity contribution is -0.124. The fraction of sp³-hybridized carbons (Fsp3) is 0.600. The van der Waals surface area contributed by atoms with Gasteiger partial charge in [0.1, 0.15) is 12.4 Å². The van der Waals surface area contributed by atoms with E-state index in [1.165, 1.54) is 7.11 Å². The Hall–Kier alpha value is -1.36. The molecule has 1 rings (SSSR count). The molecular formula is C10H16N2O3. The highest BCUT2D eigenvalue weighted by atomic mass is 16.5. The second-order valence-electron chi connectivity index (χ2n) is 3.32. The van der Waals surface area contributed by atoms with Crippen LogP contribution < -0.4 is 5.32 Å². The molecule has 0 aliphatic rings. The Bertz CT molecular complexity index is 309. The van der Waals surface area contributed by atoms with E-state index in [1.807, 2.05) is 13.0 Å². The van der Waals surface area contributed by atoms with Crippen LogP contribution in [0.1, 0.15) is 17.9 Å². The van der Waals surface area contributed by atoms with Crippen LogP contribution in [0.4, 0.5) is 0 Å². The fourth-order valence-corrected chi connectivity index (χ4v) is 1.21. The second kappa shape index (κ2) is 6.19. The molecule has 84 valence electrons. The molecule has 0 saturated carbocycles. The highest BCUT2D eigenvalue weighted by molar-refractivity contribution is 5.77. The lowest BCUT2D eigenvalue weighted by Crippen LogP contribution is -2.28. The summed E-state index contributed by atoms with van der Waals surface area (Å²) in [6.07, 6.45) is 1.62. The van der Waals surface area contributed by atoms with E-state index in [2.05, 4.69) is 15.2 Å². The summed E-state index contributed by atoms with van der Waals surface area (Å²) in [7, 11) is 1.50. The maximum atomic E-state index is 11.0. The molecule has 0 aliphatic carbocycles. The van der Waals surface area contributed by atoms with Crippen LogP contribution in [-0.2, 0) is 16.0 Å². The van der Waals surface area contributed by atoms with Crippen LogP contribution in [0.5, 0.6) is 0 Å². The molecule has 0 spiro atoms. The van der Waals surface area contributed by atoms with E-state index >= 15 is 0 Å². The molecule has 15 heavy (non-hydrogen) atoms. The molecular weight excluding hydrogens is 196 g/mol. The topological polar surface area (TPSA) is 64.4 Å². The first-order valence-electron chi connectivity index (χ1n) is 4.90. The molecule has 1 aromatic heterocycles. The fourth-order valence-electron chi connectivity index (χ4n) is 1.21. The summed E-state index contributed by atoms with van der Waals surface area (Å²) < 4.78 is 9.71. The molecule has 0 unspecified atom stereocenters. The standard InChI is InChI=1S/C10H16N2O3/c1-8-6-9(15-12-8)4-3-5-11-10(13)7-14-2/h6H,3-5,7H2,1-2H3,(H,11,13). The van der Waals surface area contributed by atoms with Gasteiger partial charge in [0.25, 0.3) is 0 Å². The van der Waals surface area contributed by atoms with Crippen molar-refractivity contribution in [3.05, 3.63) is 17.5 Å². The summed E-state index contributed by atoms with van der Waals surface area (Å²) in [5.74, 6) is 0.764. The zero-order valence-corrected chi connectivity index (χ0v) is 9.08. The molecule has 1 heterocycles. The third kappa shape index (κ3) is 4.60. The van der Waals surface area contributed by atoms with E-state index in [4.69, 9.17) is 4.52 Å². The molecule has 0 bridgehead atoms. The van der Waals surface area contributed by atoms with Crippen LogP contribution in [0.15, 0.2) is 10.6 Å². The molecule has 0 radical (unpaired) electrons. The summed E-state index contributed by atoms with van der Waals surface area (Å²) in [6, 6.07) is 1.90. The number of ether oxygens (including phenoxy) is 1. The van der Waals surface area contributed by atoms with Crippen molar-refractivity contribution in [2.75, 3.05) is 20.3 Å². The smallest absolute Gasteiger partial charge is 0.245 e. The molecule has 0 saturated heterocycles. The number of hydrogen-bond donors (Lipinski definition) is 1. The number of methoxy groups -OCH3 is 1. The van der Waals surface area contributed by atoms with E-state index in [9.17, 15) is 4.79 Å². The van der Waals surface area contributed by atoms with Gasteiger partial charge in [0.15, 0.2) is 0 Å². The molecule has 1 N–H and O–H groups in total. The van der Waals surface area contributed by atoms with E-state index in [-0.39, 0.29) is 12.5 Å². The number of carbonyl (C=O) groups excluding carboxylic acids is 1. The number of nitrogens with zero attached hydrogens (tertiary/aromatic N) is 1. The van der Waals surface area contributed by atoms with Crippen molar-refractivity contribution >= 4 is 5.91 Å². The highest BCUT2D eigenvalue weighted by Gasteiger charge is 2.01. The Morgan fingerprint density at radius 1 is 1.67 bits per heavy atom. The summed E-state index contributed by atoms with van der Waals surface area (Å²) in [5.41, 5.74) is 0.883. The van der Waals surface area contributed by atoms with Gasteiger partial charge in [-0.25, -0.2) is 0 Å². The first-order chi connectivity index (χ1) is 7.22. The predicted octanol–water partition coefficient (Wildman–Crippen LogP) is 0.678. The Morgan fingerprint density at radius 3 is 3.07 bits per heavy atom. The number of hydrogen-bond acceptors (Lipinski definition) is 4. The molecule has 0 aliphatic heterocycles. The van der Waals surface area contributed by atoms with Crippen molar-refractivity contribution < 1.29 is 14.1 Å². The number of aryl methyl sites for hydroxylation is 2. The minimum Gasteiger partial charge on any atom is -0.375 e. The van der Waals surface area contributed by atoms with Crippen LogP contribution in [0.25, 0.3) is 0 Å². The third-order valence-corrected chi connectivity index (χ3v) is 1.87. The summed E-state index contributed by atoms with van der Waals surface area (Å²) in [5, 5.41) is 6.51. The van der Waals surface area contributed by atoms with Crippen LogP contribution in [-0.4, -0.2) is 31.3 Å². The zero-order chi connectivity index (χ0) is 11.1. The number of amides is 1. The lowest BCUT2D eigenvalue weighted by Gasteiger charge is -2.02. The molecule has 5 nitrogen and oxygen atoms in total. The van der Waals surface area contributed by atoms with Crippen LogP contribution in [0.2, 0.25) is 0 Å². The molecule has 0 fully saturated rings. The van der Waals surface area contributed by atoms with Gasteiger partial charge < -0.3 is 14.6 Å². The predicted molar refractivity (Wildman–Crippen MR) is 54.4 cm³/mol. The molecule has 1 amide bonds. The van der Waals surface area contributed by atoms with Gasteiger partial charge in [-0.1, -0.05) is 5.16 Å². The van der Waals surface area contributed by atoms with Crippen LogP contribution >= 0.6 is 0 Å². The minimum absolute atomic E-state index is 0.0914. The van der Waals surface area contributed by atoms with Crippen molar-refractivity contribution in [3.63, 3.8) is 0 Å². The monoisotopic (exact) mass is 212 g/mol. The Labute approximate surface area is 88.8 Å². The van der Waals surface area contributed by atoms with E-state index < -0.39 is 0 Å². The minimum atomic E-state index is -0.0914. The van der Waals surface area contributed by atoms with E-state index in [1.54, 1.807) is 0 Å². The third-order valence-electron chi connectivity index (χ3n) is 1.87. The van der Waals surface area contributed by atoms with E-state index in [0.717, 1.165) is 24.3 Å². The average molecular weight is 212 g/mol. The van der Waals surface area contributed by atoms with E-state index in [0.29, 0.717) is 6.54 Å². The number of rotatable bonds is 6. The summed E-state index contributed by atoms with van der Waals surface area (Å²) >= 11 is 0. The van der Waals surface area contributed by atoms with Gasteiger partial charge in [0, 0.05) is 26.1 Å². The first-order valence-corrected chi connectivity index (χ1v) is 4.90. The van der Waals surface area contributed by atoms with Gasteiger partial charge in [0.05, 0.1) is 5.69 Å². The second-order valence-corrected chi connectivity index (χ2v) is 3.32. The molecule has 5 heteroatoms. The molecule has 0 atom stereocenters. The summed E-state index contributed by atoms with van der Waals surface area (Å²) in [4.78, 5) is 11.0. The van der Waals surface area contributed by atoms with Crippen LogP contribution in [0, 0.1) is 6.92 Å². The van der Waals surface area contributed by atoms with Crippen molar-refractivity contribution in [2.24, 2.45) is 0 Å². The highest BCUT2D eigenvalue weighted by Crippen LogP contribution is 2.04. The number of aromatic nitrogens is 1. The van der Waals surface area contributed by atoms with Gasteiger partial charge in [0.2, 0.25) is 5.91 Å². The van der Waals surface area contributed by atoms with Crippen molar-refractivity contribution in [3.8, 4) is 0 Å². The first kappa shape index (κ1) is 11.7. The Kier molecular flexibility index (Phi) is 4.83. The van der Waals surface area contributed by atoms with Crippen molar-refractivity contribution in [2.45, 2.75) is 19.8 Å². The Morgan fingerprint density at radius 2 is 2.47 bits per heavy atom. The lowest BCUT2D eigenvalue weighted by atomic mass is 10.2. The largest absolute Gasteiger partial charge is 0.375 e. The van der Waals surface area contributed by atoms with Crippen molar-refractivity contribution in [1.29, 1.82) is 0 Å².